The molecule has 2 rings (SSSR count). The Bertz CT molecular complexity index is 598. The fraction of sp³-hybridized carbons (Fsp3) is 0.308. The van der Waals surface area contributed by atoms with Crippen molar-refractivity contribution in [3.05, 3.63) is 39.2 Å². The number of hydrogen-bond acceptors (Lipinski definition) is 5. The van der Waals surface area contributed by atoms with Gasteiger partial charge in [0.25, 0.3) is 0 Å². The molecular formula is C13H14BrClN4S. The molecule has 4 nitrogen and oxygen atoms in total. The average molecular weight is 374 g/mol. The summed E-state index contributed by atoms with van der Waals surface area (Å²) in [4.78, 5) is 12.7. The topological polar surface area (TPSA) is 64.7 Å². The highest BCUT2D eigenvalue weighted by Crippen LogP contribution is 2.29. The van der Waals surface area contributed by atoms with Crippen molar-refractivity contribution in [1.29, 1.82) is 0 Å². The number of anilines is 1. The van der Waals surface area contributed by atoms with Gasteiger partial charge in [-0.05, 0) is 39.5 Å². The number of nitrogens with zero attached hydrogens (tertiary/aromatic N) is 3. The Labute approximate surface area is 135 Å². The Morgan fingerprint density at radius 3 is 2.80 bits per heavy atom. The van der Waals surface area contributed by atoms with Crippen molar-refractivity contribution in [2.24, 2.45) is 0 Å². The van der Waals surface area contributed by atoms with Gasteiger partial charge in [0.05, 0.1) is 10.2 Å². The molecule has 0 saturated heterocycles. The summed E-state index contributed by atoms with van der Waals surface area (Å²) in [6.07, 6.45) is 1.83. The number of rotatable bonds is 4. The summed E-state index contributed by atoms with van der Waals surface area (Å²) < 4.78 is 0.531. The van der Waals surface area contributed by atoms with Crippen LogP contribution >= 0.6 is 39.3 Å². The molecule has 0 bridgehead atoms. The second-order valence-electron chi connectivity index (χ2n) is 4.52. The van der Waals surface area contributed by atoms with Crippen LogP contribution in [0.1, 0.15) is 31.0 Å². The zero-order chi connectivity index (χ0) is 14.7. The van der Waals surface area contributed by atoms with Crippen LogP contribution in [0.25, 0.3) is 0 Å². The van der Waals surface area contributed by atoms with Crippen LogP contribution < -0.4 is 5.73 Å². The van der Waals surface area contributed by atoms with Gasteiger partial charge in [-0.15, -0.1) is 0 Å². The Kier molecular flexibility index (Phi) is 5.23. The maximum atomic E-state index is 5.96. The van der Waals surface area contributed by atoms with E-state index in [0.29, 0.717) is 32.3 Å². The fourth-order valence-electron chi connectivity index (χ4n) is 1.55. The molecule has 7 heteroatoms. The van der Waals surface area contributed by atoms with E-state index < -0.39 is 0 Å². The lowest BCUT2D eigenvalue weighted by Crippen LogP contribution is -1.98. The van der Waals surface area contributed by atoms with E-state index in [2.05, 4.69) is 50.8 Å². The maximum absolute atomic E-state index is 5.96. The van der Waals surface area contributed by atoms with Crippen LogP contribution in [0.4, 0.5) is 5.82 Å². The fourth-order valence-corrected chi connectivity index (χ4v) is 2.71. The van der Waals surface area contributed by atoms with Crippen molar-refractivity contribution in [2.45, 2.75) is 30.7 Å². The van der Waals surface area contributed by atoms with Gasteiger partial charge in [-0.25, -0.2) is 9.97 Å². The van der Waals surface area contributed by atoms with Crippen molar-refractivity contribution in [1.82, 2.24) is 15.0 Å². The van der Waals surface area contributed by atoms with Gasteiger partial charge in [-0.2, -0.15) is 0 Å². The molecule has 106 valence electrons. The van der Waals surface area contributed by atoms with Gasteiger partial charge in [0.15, 0.2) is 5.16 Å². The summed E-state index contributed by atoms with van der Waals surface area (Å²) in [5, 5.41) is 0.872. The van der Waals surface area contributed by atoms with Crippen molar-refractivity contribution in [3.63, 3.8) is 0 Å². The van der Waals surface area contributed by atoms with Gasteiger partial charge in [0.2, 0.25) is 0 Å². The zero-order valence-electron chi connectivity index (χ0n) is 11.1. The van der Waals surface area contributed by atoms with Crippen LogP contribution in [0.15, 0.2) is 28.0 Å². The van der Waals surface area contributed by atoms with Gasteiger partial charge >= 0.3 is 0 Å². The minimum atomic E-state index is 0.323. The van der Waals surface area contributed by atoms with Crippen LogP contribution in [0.3, 0.4) is 0 Å². The number of thioether (sulfide) groups is 1. The highest BCUT2D eigenvalue weighted by molar-refractivity contribution is 9.10. The molecule has 0 aliphatic heterocycles. The lowest BCUT2D eigenvalue weighted by atomic mass is 10.0. The summed E-state index contributed by atoms with van der Waals surface area (Å²) in [6, 6.07) is 4.13. The first-order valence-electron chi connectivity index (χ1n) is 6.03. The molecular weight excluding hydrogens is 360 g/mol. The van der Waals surface area contributed by atoms with E-state index in [-0.39, 0.29) is 0 Å². The second kappa shape index (κ2) is 6.74. The molecule has 0 unspecified atom stereocenters. The van der Waals surface area contributed by atoms with E-state index in [1.54, 1.807) is 0 Å². The minimum absolute atomic E-state index is 0.323. The van der Waals surface area contributed by atoms with Crippen molar-refractivity contribution < 1.29 is 0 Å². The molecule has 0 aliphatic rings. The SMILES string of the molecule is CC(C)c1ccnc(CSc2nc(N)c(Br)c(Cl)n2)c1. The first-order valence-corrected chi connectivity index (χ1v) is 8.19. The largest absolute Gasteiger partial charge is 0.383 e. The monoisotopic (exact) mass is 372 g/mol. The second-order valence-corrected chi connectivity index (χ2v) is 6.61. The molecule has 0 fully saturated rings. The molecule has 0 amide bonds. The van der Waals surface area contributed by atoms with Crippen molar-refractivity contribution >= 4 is 45.1 Å². The number of nitrogens with two attached hydrogens (primary N) is 1. The first kappa shape index (κ1) is 15.5. The third kappa shape index (κ3) is 3.84. The molecule has 2 heterocycles. The summed E-state index contributed by atoms with van der Waals surface area (Å²) >= 11 is 10.7. The maximum Gasteiger partial charge on any atom is 0.191 e. The van der Waals surface area contributed by atoms with E-state index in [0.717, 1.165) is 5.69 Å². The average Bonchev–Trinajstić information content (AvgIpc) is 2.42. The number of pyridine rings is 1. The lowest BCUT2D eigenvalue weighted by Gasteiger charge is -2.07. The summed E-state index contributed by atoms with van der Waals surface area (Å²) in [5.41, 5.74) is 8.00. The third-order valence-electron chi connectivity index (χ3n) is 2.67. The molecule has 0 aliphatic carbocycles. The summed E-state index contributed by atoms with van der Waals surface area (Å²) in [6.45, 7) is 4.31. The predicted molar refractivity (Wildman–Crippen MR) is 87.0 cm³/mol. The van der Waals surface area contributed by atoms with Crippen LogP contribution in [-0.4, -0.2) is 15.0 Å². The summed E-state index contributed by atoms with van der Waals surface area (Å²) in [7, 11) is 0. The van der Waals surface area contributed by atoms with E-state index in [1.807, 2.05) is 12.3 Å². The number of hydrogen-bond donors (Lipinski definition) is 1. The molecule has 2 N–H and O–H groups in total. The van der Waals surface area contributed by atoms with Crippen LogP contribution in [0.5, 0.6) is 0 Å². The van der Waals surface area contributed by atoms with Gasteiger partial charge < -0.3 is 5.73 Å². The van der Waals surface area contributed by atoms with Gasteiger partial charge in [0, 0.05) is 11.9 Å². The molecule has 0 saturated carbocycles. The summed E-state index contributed by atoms with van der Waals surface area (Å²) in [5.74, 6) is 1.50. The lowest BCUT2D eigenvalue weighted by molar-refractivity contribution is 0.858. The number of aromatic nitrogens is 3. The minimum Gasteiger partial charge on any atom is -0.383 e. The Morgan fingerprint density at radius 2 is 2.15 bits per heavy atom. The van der Waals surface area contributed by atoms with E-state index in [4.69, 9.17) is 17.3 Å². The Balaban J connectivity index is 2.11. The molecule has 0 aromatic carbocycles. The quantitative estimate of drug-likeness (QED) is 0.492. The molecule has 0 atom stereocenters. The molecule has 2 aromatic rings. The molecule has 20 heavy (non-hydrogen) atoms. The predicted octanol–water partition coefficient (Wildman–Crippen LogP) is 4.29. The van der Waals surface area contributed by atoms with Gasteiger partial charge in [-0.3, -0.25) is 4.98 Å². The zero-order valence-corrected chi connectivity index (χ0v) is 14.3. The normalized spacial score (nSPS) is 11.1. The Hall–Kier alpha value is -0.850. The van der Waals surface area contributed by atoms with Crippen molar-refractivity contribution in [3.8, 4) is 0 Å². The first-order chi connectivity index (χ1) is 9.47. The van der Waals surface area contributed by atoms with Crippen LogP contribution in [0.2, 0.25) is 5.15 Å². The third-order valence-corrected chi connectivity index (χ3v) is 4.84. The van der Waals surface area contributed by atoms with E-state index in [9.17, 15) is 0 Å². The van der Waals surface area contributed by atoms with Crippen molar-refractivity contribution in [2.75, 3.05) is 5.73 Å². The number of nitrogen functional groups attached to an aromatic ring is 1. The smallest absolute Gasteiger partial charge is 0.191 e. The van der Waals surface area contributed by atoms with Gasteiger partial charge in [0.1, 0.15) is 11.0 Å². The molecule has 2 aromatic heterocycles. The van der Waals surface area contributed by atoms with E-state index >= 15 is 0 Å². The standard InChI is InChI=1S/C13H14BrClN4S/c1-7(2)8-3-4-17-9(5-8)6-20-13-18-11(15)10(14)12(16)19-13/h3-5,7H,6H2,1-2H3,(H2,16,18,19). The highest BCUT2D eigenvalue weighted by atomic mass is 79.9. The van der Waals surface area contributed by atoms with Gasteiger partial charge in [-0.1, -0.05) is 37.2 Å². The highest BCUT2D eigenvalue weighted by Gasteiger charge is 2.09. The van der Waals surface area contributed by atoms with E-state index in [1.165, 1.54) is 17.3 Å². The number of halogens is 2. The molecule has 0 spiro atoms. The molecule has 0 radical (unpaired) electrons. The van der Waals surface area contributed by atoms with Crippen LogP contribution in [-0.2, 0) is 5.75 Å². The van der Waals surface area contributed by atoms with Crippen LogP contribution in [0, 0.1) is 0 Å². The Morgan fingerprint density at radius 1 is 1.40 bits per heavy atom.